The molecule has 0 saturated heterocycles. The van der Waals surface area contributed by atoms with E-state index in [0.717, 1.165) is 35.5 Å². The van der Waals surface area contributed by atoms with E-state index in [0.29, 0.717) is 13.1 Å². The molecule has 0 atom stereocenters. The Bertz CT molecular complexity index is 923. The van der Waals surface area contributed by atoms with Crippen molar-refractivity contribution in [3.63, 3.8) is 0 Å². The minimum atomic E-state index is -0.0215. The van der Waals surface area contributed by atoms with E-state index in [-0.39, 0.29) is 30.7 Å². The van der Waals surface area contributed by atoms with Gasteiger partial charge in [0, 0.05) is 31.7 Å². The maximum absolute atomic E-state index is 12.4. The van der Waals surface area contributed by atoms with Gasteiger partial charge in [-0.3, -0.25) is 4.79 Å². The predicted octanol–water partition coefficient (Wildman–Crippen LogP) is 3.22. The monoisotopic (exact) mass is 392 g/mol. The van der Waals surface area contributed by atoms with Crippen molar-refractivity contribution < 1.29 is 4.79 Å². The van der Waals surface area contributed by atoms with Crippen molar-refractivity contribution in [2.75, 3.05) is 6.54 Å². The van der Waals surface area contributed by atoms with Crippen LogP contribution in [0, 0.1) is 6.92 Å². The molecule has 2 aromatic carbocycles. The highest BCUT2D eigenvalue weighted by Crippen LogP contribution is 2.17. The summed E-state index contributed by atoms with van der Waals surface area (Å²) in [5.74, 6) is 0.945. The van der Waals surface area contributed by atoms with E-state index in [4.69, 9.17) is 0 Å². The van der Waals surface area contributed by atoms with Gasteiger partial charge in [0.05, 0.1) is 11.0 Å². The minimum absolute atomic E-state index is 0. The fraction of sp³-hybridized carbons (Fsp3) is 0.263. The maximum Gasteiger partial charge on any atom is 0.251 e. The van der Waals surface area contributed by atoms with Crippen LogP contribution in [0.15, 0.2) is 42.5 Å². The summed E-state index contributed by atoms with van der Waals surface area (Å²) in [7, 11) is 0. The lowest BCUT2D eigenvalue weighted by molar-refractivity contribution is 0.0952. The highest BCUT2D eigenvalue weighted by molar-refractivity contribution is 5.94. The Labute approximate surface area is 165 Å². The van der Waals surface area contributed by atoms with Crippen LogP contribution in [0.25, 0.3) is 11.0 Å². The average Bonchev–Trinajstić information content (AvgIpc) is 3.18. The molecule has 26 heavy (non-hydrogen) atoms. The summed E-state index contributed by atoms with van der Waals surface area (Å²) in [6.07, 6.45) is 0. The molecule has 0 fully saturated rings. The Morgan fingerprint density at radius 2 is 1.92 bits per heavy atom. The third-order valence-electron chi connectivity index (χ3n) is 4.57. The van der Waals surface area contributed by atoms with Gasteiger partial charge in [-0.1, -0.05) is 18.2 Å². The fourth-order valence-corrected chi connectivity index (χ4v) is 3.30. The van der Waals surface area contributed by atoms with Crippen molar-refractivity contribution in [1.29, 1.82) is 0 Å². The maximum atomic E-state index is 12.4. The number of rotatable bonds is 4. The molecule has 1 aliphatic rings. The summed E-state index contributed by atoms with van der Waals surface area (Å²) in [4.78, 5) is 16.9. The van der Waals surface area contributed by atoms with Gasteiger partial charge in [0.1, 0.15) is 5.82 Å². The smallest absolute Gasteiger partial charge is 0.251 e. The van der Waals surface area contributed by atoms with Gasteiger partial charge in [0.15, 0.2) is 0 Å². The van der Waals surface area contributed by atoms with E-state index in [1.54, 1.807) is 0 Å². The number of benzene rings is 2. The standard InChI is InChI=1S/C19H20N4O.2ClH/c1-13-22-17-4-2-3-5-18(17)23(13)9-8-21-19(24)14-6-7-15-11-20-12-16(15)10-14;;/h2-7,10,20H,8-9,11-12H2,1H3,(H,21,24);2*1H. The summed E-state index contributed by atoms with van der Waals surface area (Å²) < 4.78 is 2.14. The lowest BCUT2D eigenvalue weighted by Gasteiger charge is -2.09. The summed E-state index contributed by atoms with van der Waals surface area (Å²) in [6.45, 7) is 5.02. The number of halogens is 2. The predicted molar refractivity (Wildman–Crippen MR) is 108 cm³/mol. The minimum Gasteiger partial charge on any atom is -0.350 e. The van der Waals surface area contributed by atoms with Crippen LogP contribution < -0.4 is 10.6 Å². The first-order valence-electron chi connectivity index (χ1n) is 8.25. The van der Waals surface area contributed by atoms with Crippen LogP contribution in [0.4, 0.5) is 0 Å². The number of aryl methyl sites for hydroxylation is 1. The van der Waals surface area contributed by atoms with Crippen LogP contribution in [0.2, 0.25) is 0 Å². The first-order valence-corrected chi connectivity index (χ1v) is 8.25. The number of amides is 1. The number of nitrogens with zero attached hydrogens (tertiary/aromatic N) is 2. The highest BCUT2D eigenvalue weighted by atomic mass is 35.5. The third kappa shape index (κ3) is 3.85. The van der Waals surface area contributed by atoms with E-state index in [2.05, 4.69) is 26.3 Å². The summed E-state index contributed by atoms with van der Waals surface area (Å²) >= 11 is 0. The number of carbonyl (C=O) groups is 1. The Morgan fingerprint density at radius 1 is 1.15 bits per heavy atom. The molecule has 1 amide bonds. The Balaban J connectivity index is 0.00000121. The number of carbonyl (C=O) groups excluding carboxylic acids is 1. The van der Waals surface area contributed by atoms with Crippen molar-refractivity contribution in [2.24, 2.45) is 0 Å². The Hall–Kier alpha value is -2.08. The van der Waals surface area contributed by atoms with E-state index < -0.39 is 0 Å². The molecule has 0 bridgehead atoms. The zero-order chi connectivity index (χ0) is 16.5. The zero-order valence-corrected chi connectivity index (χ0v) is 16.1. The molecule has 2 heterocycles. The fourth-order valence-electron chi connectivity index (χ4n) is 3.30. The van der Waals surface area contributed by atoms with Crippen molar-refractivity contribution in [1.82, 2.24) is 20.2 Å². The van der Waals surface area contributed by atoms with Crippen molar-refractivity contribution in [3.8, 4) is 0 Å². The van der Waals surface area contributed by atoms with Crippen LogP contribution in [-0.2, 0) is 19.6 Å². The largest absolute Gasteiger partial charge is 0.350 e. The molecule has 0 unspecified atom stereocenters. The molecule has 3 aromatic rings. The van der Waals surface area contributed by atoms with Crippen LogP contribution in [0.1, 0.15) is 27.3 Å². The van der Waals surface area contributed by atoms with Gasteiger partial charge in [-0.25, -0.2) is 4.98 Å². The number of para-hydroxylation sites is 2. The van der Waals surface area contributed by atoms with E-state index in [1.165, 1.54) is 11.1 Å². The van der Waals surface area contributed by atoms with Gasteiger partial charge >= 0.3 is 0 Å². The molecule has 138 valence electrons. The number of hydrogen-bond acceptors (Lipinski definition) is 3. The molecule has 7 heteroatoms. The van der Waals surface area contributed by atoms with Gasteiger partial charge in [0.2, 0.25) is 0 Å². The van der Waals surface area contributed by atoms with Crippen LogP contribution in [0.3, 0.4) is 0 Å². The number of fused-ring (bicyclic) bond motifs is 2. The zero-order valence-electron chi connectivity index (χ0n) is 14.5. The van der Waals surface area contributed by atoms with Crippen LogP contribution in [-0.4, -0.2) is 22.0 Å². The quantitative estimate of drug-likeness (QED) is 0.716. The molecule has 0 saturated carbocycles. The molecular weight excluding hydrogens is 371 g/mol. The molecule has 1 aliphatic heterocycles. The summed E-state index contributed by atoms with van der Waals surface area (Å²) in [5.41, 5.74) is 5.33. The number of hydrogen-bond donors (Lipinski definition) is 2. The summed E-state index contributed by atoms with van der Waals surface area (Å²) in [5, 5.41) is 6.31. The second-order valence-corrected chi connectivity index (χ2v) is 6.14. The molecule has 5 nitrogen and oxygen atoms in total. The van der Waals surface area contributed by atoms with Gasteiger partial charge < -0.3 is 15.2 Å². The molecular formula is C19H22Cl2N4O. The van der Waals surface area contributed by atoms with Crippen LogP contribution in [0.5, 0.6) is 0 Å². The third-order valence-corrected chi connectivity index (χ3v) is 4.57. The van der Waals surface area contributed by atoms with E-state index in [9.17, 15) is 4.79 Å². The number of nitrogens with one attached hydrogen (secondary N) is 2. The van der Waals surface area contributed by atoms with Crippen LogP contribution >= 0.6 is 24.8 Å². The second kappa shape index (κ2) is 8.54. The van der Waals surface area contributed by atoms with Crippen molar-refractivity contribution >= 4 is 41.8 Å². The molecule has 1 aromatic heterocycles. The van der Waals surface area contributed by atoms with Gasteiger partial charge in [-0.2, -0.15) is 0 Å². The molecule has 0 radical (unpaired) electrons. The molecule has 0 spiro atoms. The number of imidazole rings is 1. The van der Waals surface area contributed by atoms with Crippen molar-refractivity contribution in [3.05, 3.63) is 65.0 Å². The van der Waals surface area contributed by atoms with Gasteiger partial charge in [-0.05, 0) is 42.3 Å². The lowest BCUT2D eigenvalue weighted by Crippen LogP contribution is -2.27. The molecule has 2 N–H and O–H groups in total. The first kappa shape index (κ1) is 20.2. The average molecular weight is 393 g/mol. The van der Waals surface area contributed by atoms with Gasteiger partial charge in [0.25, 0.3) is 5.91 Å². The molecule has 4 rings (SSSR count). The van der Waals surface area contributed by atoms with Crippen molar-refractivity contribution in [2.45, 2.75) is 26.6 Å². The highest BCUT2D eigenvalue weighted by Gasteiger charge is 2.13. The topological polar surface area (TPSA) is 59.0 Å². The number of aromatic nitrogens is 2. The molecule has 0 aliphatic carbocycles. The summed E-state index contributed by atoms with van der Waals surface area (Å²) in [6, 6.07) is 14.0. The second-order valence-electron chi connectivity index (χ2n) is 6.14. The first-order chi connectivity index (χ1) is 11.7. The van der Waals surface area contributed by atoms with E-state index >= 15 is 0 Å². The lowest BCUT2D eigenvalue weighted by atomic mass is 10.1. The van der Waals surface area contributed by atoms with E-state index in [1.807, 2.05) is 43.3 Å². The Kier molecular flexibility index (Phi) is 6.64. The normalized spacial score (nSPS) is 12.2. The Morgan fingerprint density at radius 3 is 2.77 bits per heavy atom. The SMILES string of the molecule is Cc1nc2ccccc2n1CCNC(=O)c1ccc2c(c1)CNC2.Cl.Cl. The van der Waals surface area contributed by atoms with Gasteiger partial charge in [-0.15, -0.1) is 24.8 Å².